The molecule has 1 heterocycles. The van der Waals surface area contributed by atoms with Gasteiger partial charge >= 0.3 is 0 Å². The molecule has 0 aliphatic carbocycles. The van der Waals surface area contributed by atoms with Gasteiger partial charge in [-0.3, -0.25) is 0 Å². The van der Waals surface area contributed by atoms with Gasteiger partial charge in [0, 0.05) is 24.8 Å². The standard InChI is InChI=1S/C12H10Br3NS/c1-7-2-3-17-11(7)6-16-12-9(14)4-8(13)5-10(12)15/h2-5,16H,6H2,1H3. The second-order valence-electron chi connectivity index (χ2n) is 3.62. The number of anilines is 1. The van der Waals surface area contributed by atoms with Crippen LogP contribution in [0.5, 0.6) is 0 Å². The van der Waals surface area contributed by atoms with E-state index in [0.29, 0.717) is 0 Å². The highest BCUT2D eigenvalue weighted by molar-refractivity contribution is 9.11. The summed E-state index contributed by atoms with van der Waals surface area (Å²) in [7, 11) is 0. The monoisotopic (exact) mass is 437 g/mol. The minimum absolute atomic E-state index is 0.850. The third-order valence-corrected chi connectivity index (χ3v) is 5.13. The van der Waals surface area contributed by atoms with Crippen molar-refractivity contribution in [3.8, 4) is 0 Å². The minimum Gasteiger partial charge on any atom is -0.378 e. The van der Waals surface area contributed by atoms with Crippen molar-refractivity contribution in [2.45, 2.75) is 13.5 Å². The fraction of sp³-hybridized carbons (Fsp3) is 0.167. The first-order chi connectivity index (χ1) is 8.08. The summed E-state index contributed by atoms with van der Waals surface area (Å²) in [6.45, 7) is 2.99. The average molecular weight is 440 g/mol. The number of aryl methyl sites for hydroxylation is 1. The van der Waals surface area contributed by atoms with Crippen molar-refractivity contribution in [3.63, 3.8) is 0 Å². The van der Waals surface area contributed by atoms with Crippen LogP contribution in [0.15, 0.2) is 37.0 Å². The summed E-state index contributed by atoms with van der Waals surface area (Å²) in [4.78, 5) is 1.37. The second-order valence-corrected chi connectivity index (χ2v) is 7.25. The Bertz CT molecular complexity index is 513. The molecule has 0 radical (unpaired) electrons. The van der Waals surface area contributed by atoms with E-state index in [0.717, 1.165) is 25.7 Å². The molecule has 1 aromatic carbocycles. The van der Waals surface area contributed by atoms with Crippen LogP contribution in [0, 0.1) is 6.92 Å². The lowest BCUT2D eigenvalue weighted by atomic mass is 10.2. The highest BCUT2D eigenvalue weighted by Crippen LogP contribution is 2.35. The normalized spacial score (nSPS) is 10.6. The van der Waals surface area contributed by atoms with Crippen molar-refractivity contribution in [1.29, 1.82) is 0 Å². The summed E-state index contributed by atoms with van der Waals surface area (Å²) in [6.07, 6.45) is 0. The van der Waals surface area contributed by atoms with Crippen LogP contribution >= 0.6 is 59.1 Å². The highest BCUT2D eigenvalue weighted by atomic mass is 79.9. The second kappa shape index (κ2) is 5.87. The molecule has 0 saturated carbocycles. The number of rotatable bonds is 3. The Morgan fingerprint density at radius 2 is 1.82 bits per heavy atom. The van der Waals surface area contributed by atoms with Gasteiger partial charge in [-0.2, -0.15) is 0 Å². The Morgan fingerprint density at radius 3 is 2.35 bits per heavy atom. The van der Waals surface area contributed by atoms with Crippen molar-refractivity contribution in [2.75, 3.05) is 5.32 Å². The van der Waals surface area contributed by atoms with Gasteiger partial charge in [-0.05, 0) is 67.9 Å². The average Bonchev–Trinajstić information content (AvgIpc) is 2.62. The summed E-state index contributed by atoms with van der Waals surface area (Å²) in [5, 5.41) is 5.57. The Balaban J connectivity index is 2.17. The number of hydrogen-bond acceptors (Lipinski definition) is 2. The molecule has 0 unspecified atom stereocenters. The maximum absolute atomic E-state index is 3.56. The summed E-state index contributed by atoms with van der Waals surface area (Å²) < 4.78 is 3.15. The zero-order valence-electron chi connectivity index (χ0n) is 9.06. The third-order valence-electron chi connectivity index (χ3n) is 2.40. The molecule has 0 spiro atoms. The van der Waals surface area contributed by atoms with Gasteiger partial charge in [-0.1, -0.05) is 15.9 Å². The van der Waals surface area contributed by atoms with Gasteiger partial charge in [0.1, 0.15) is 0 Å². The summed E-state index contributed by atoms with van der Waals surface area (Å²) in [5.74, 6) is 0. The molecule has 1 nitrogen and oxygen atoms in total. The Labute approximate surface area is 130 Å². The predicted octanol–water partition coefficient (Wildman–Crippen LogP) is 5.96. The molecule has 2 rings (SSSR count). The maximum Gasteiger partial charge on any atom is 0.0632 e. The summed E-state index contributed by atoms with van der Waals surface area (Å²) in [5.41, 5.74) is 2.42. The van der Waals surface area contributed by atoms with Gasteiger partial charge in [-0.15, -0.1) is 11.3 Å². The van der Waals surface area contributed by atoms with E-state index in [1.807, 2.05) is 12.1 Å². The van der Waals surface area contributed by atoms with Crippen LogP contribution in [0.3, 0.4) is 0 Å². The highest BCUT2D eigenvalue weighted by Gasteiger charge is 2.07. The number of hydrogen-bond donors (Lipinski definition) is 1. The van der Waals surface area contributed by atoms with E-state index < -0.39 is 0 Å². The minimum atomic E-state index is 0.850. The Kier molecular flexibility index (Phi) is 4.69. The largest absolute Gasteiger partial charge is 0.378 e. The first-order valence-electron chi connectivity index (χ1n) is 4.99. The fourth-order valence-electron chi connectivity index (χ4n) is 1.46. The number of nitrogens with one attached hydrogen (secondary N) is 1. The van der Waals surface area contributed by atoms with Crippen LogP contribution in [-0.2, 0) is 6.54 Å². The molecule has 17 heavy (non-hydrogen) atoms. The summed E-state index contributed by atoms with van der Waals surface area (Å²) >= 11 is 12.4. The van der Waals surface area contributed by atoms with Crippen LogP contribution in [-0.4, -0.2) is 0 Å². The molecular formula is C12H10Br3NS. The van der Waals surface area contributed by atoms with Crippen molar-refractivity contribution in [1.82, 2.24) is 0 Å². The molecular weight excluding hydrogens is 430 g/mol. The van der Waals surface area contributed by atoms with Crippen LogP contribution in [0.2, 0.25) is 0 Å². The van der Waals surface area contributed by atoms with Crippen LogP contribution in [0.1, 0.15) is 10.4 Å². The molecule has 0 atom stereocenters. The van der Waals surface area contributed by atoms with Crippen molar-refractivity contribution in [3.05, 3.63) is 47.4 Å². The molecule has 0 aliphatic heterocycles. The van der Waals surface area contributed by atoms with Crippen LogP contribution in [0.25, 0.3) is 0 Å². The molecule has 1 aromatic heterocycles. The SMILES string of the molecule is Cc1ccsc1CNc1c(Br)cc(Br)cc1Br. The third kappa shape index (κ3) is 3.34. The Hall–Kier alpha value is 0.160. The lowest BCUT2D eigenvalue weighted by Crippen LogP contribution is -2.00. The van der Waals surface area contributed by atoms with Gasteiger partial charge in [0.15, 0.2) is 0 Å². The fourth-order valence-corrected chi connectivity index (χ4v) is 4.85. The Morgan fingerprint density at radius 1 is 1.18 bits per heavy atom. The van der Waals surface area contributed by atoms with Crippen LogP contribution in [0.4, 0.5) is 5.69 Å². The zero-order valence-corrected chi connectivity index (χ0v) is 14.6. The summed E-state index contributed by atoms with van der Waals surface area (Å²) in [6, 6.07) is 6.22. The van der Waals surface area contributed by atoms with Gasteiger partial charge < -0.3 is 5.32 Å². The van der Waals surface area contributed by atoms with E-state index >= 15 is 0 Å². The molecule has 0 saturated heterocycles. The molecule has 1 N–H and O–H groups in total. The van der Waals surface area contributed by atoms with Crippen LogP contribution < -0.4 is 5.32 Å². The lowest BCUT2D eigenvalue weighted by Gasteiger charge is -2.11. The first kappa shape index (κ1) is 13.6. The lowest BCUT2D eigenvalue weighted by molar-refractivity contribution is 1.16. The molecule has 0 amide bonds. The number of benzene rings is 1. The van der Waals surface area contributed by atoms with E-state index in [2.05, 4.69) is 71.5 Å². The van der Waals surface area contributed by atoms with Gasteiger partial charge in [0.25, 0.3) is 0 Å². The number of thiophene rings is 1. The molecule has 5 heteroatoms. The smallest absolute Gasteiger partial charge is 0.0632 e. The van der Waals surface area contributed by atoms with Crippen molar-refractivity contribution >= 4 is 64.8 Å². The predicted molar refractivity (Wildman–Crippen MR) is 85.9 cm³/mol. The zero-order chi connectivity index (χ0) is 12.4. The maximum atomic E-state index is 3.56. The van der Waals surface area contributed by atoms with Crippen molar-refractivity contribution in [2.24, 2.45) is 0 Å². The van der Waals surface area contributed by atoms with Gasteiger partial charge in [-0.25, -0.2) is 0 Å². The molecule has 0 fully saturated rings. The van der Waals surface area contributed by atoms with E-state index in [1.165, 1.54) is 10.4 Å². The first-order valence-corrected chi connectivity index (χ1v) is 8.25. The number of halogens is 3. The van der Waals surface area contributed by atoms with Gasteiger partial charge in [0.2, 0.25) is 0 Å². The van der Waals surface area contributed by atoms with E-state index in [-0.39, 0.29) is 0 Å². The molecule has 2 aromatic rings. The topological polar surface area (TPSA) is 12.0 Å². The molecule has 0 bridgehead atoms. The molecule has 0 aliphatic rings. The quantitative estimate of drug-likeness (QED) is 0.622. The van der Waals surface area contributed by atoms with E-state index in [1.54, 1.807) is 11.3 Å². The molecule has 90 valence electrons. The van der Waals surface area contributed by atoms with E-state index in [9.17, 15) is 0 Å². The van der Waals surface area contributed by atoms with E-state index in [4.69, 9.17) is 0 Å². The van der Waals surface area contributed by atoms with Gasteiger partial charge in [0.05, 0.1) is 5.69 Å². The van der Waals surface area contributed by atoms with Crippen molar-refractivity contribution < 1.29 is 0 Å².